The minimum absolute atomic E-state index is 0.0236. The van der Waals surface area contributed by atoms with E-state index in [-0.39, 0.29) is 11.0 Å². The van der Waals surface area contributed by atoms with Gasteiger partial charge in [-0.1, -0.05) is 72.8 Å². The lowest BCUT2D eigenvalue weighted by Crippen LogP contribution is -2.49. The second-order valence-corrected chi connectivity index (χ2v) is 6.99. The van der Waals surface area contributed by atoms with Crippen molar-refractivity contribution >= 4 is 29.1 Å². The van der Waals surface area contributed by atoms with Gasteiger partial charge in [0, 0.05) is 0 Å². The fourth-order valence-electron chi connectivity index (χ4n) is 3.11. The van der Waals surface area contributed by atoms with Gasteiger partial charge in [0.05, 0.1) is 18.1 Å². The maximum absolute atomic E-state index is 13.0. The van der Waals surface area contributed by atoms with Gasteiger partial charge in [0.2, 0.25) is 5.91 Å². The minimum Gasteiger partial charge on any atom is -0.493 e. The third kappa shape index (κ3) is 5.90. The summed E-state index contributed by atoms with van der Waals surface area (Å²) >= 11 is 5.18. The first-order valence-electron chi connectivity index (χ1n) is 9.83. The predicted molar refractivity (Wildman–Crippen MR) is 124 cm³/mol. The van der Waals surface area contributed by atoms with Crippen LogP contribution in [0.4, 0.5) is 0 Å². The van der Waals surface area contributed by atoms with Gasteiger partial charge in [-0.25, -0.2) is 0 Å². The molecule has 0 atom stereocenters. The quantitative estimate of drug-likeness (QED) is 0.409. The Bertz CT molecular complexity index is 1000. The second-order valence-electron chi connectivity index (χ2n) is 6.58. The molecule has 0 saturated carbocycles. The fourth-order valence-corrected chi connectivity index (χ4v) is 3.26. The van der Waals surface area contributed by atoms with Crippen molar-refractivity contribution in [3.05, 3.63) is 102 Å². The number of para-hydroxylation sites is 1. The molecule has 0 fully saturated rings. The van der Waals surface area contributed by atoms with Crippen molar-refractivity contribution in [1.29, 1.82) is 0 Å². The summed E-state index contributed by atoms with van der Waals surface area (Å²) in [4.78, 5) is 25.5. The van der Waals surface area contributed by atoms with E-state index in [2.05, 4.69) is 16.2 Å². The lowest BCUT2D eigenvalue weighted by Gasteiger charge is -2.19. The van der Waals surface area contributed by atoms with E-state index in [4.69, 9.17) is 17.0 Å². The zero-order valence-corrected chi connectivity index (χ0v) is 17.8. The Morgan fingerprint density at radius 3 is 1.97 bits per heavy atom. The first-order chi connectivity index (χ1) is 15.1. The number of carbonyl (C=O) groups is 2. The summed E-state index contributed by atoms with van der Waals surface area (Å²) in [5.74, 6) is -0.809. The van der Waals surface area contributed by atoms with Gasteiger partial charge in [-0.15, -0.1) is 0 Å². The number of hydrazine groups is 1. The van der Waals surface area contributed by atoms with Crippen LogP contribution in [0.2, 0.25) is 0 Å². The molecule has 0 heterocycles. The Labute approximate surface area is 186 Å². The van der Waals surface area contributed by atoms with Gasteiger partial charge in [0.1, 0.15) is 5.75 Å². The fraction of sp³-hybridized carbons (Fsp3) is 0.125. The number of amides is 2. The summed E-state index contributed by atoms with van der Waals surface area (Å²) in [7, 11) is 0. The number of carbonyl (C=O) groups excluding carboxylic acids is 2. The molecular formula is C24H23N3O3S. The number of benzene rings is 3. The molecule has 2 amide bonds. The molecular weight excluding hydrogens is 410 g/mol. The van der Waals surface area contributed by atoms with Crippen molar-refractivity contribution in [3.8, 4) is 5.75 Å². The molecule has 3 aromatic carbocycles. The summed E-state index contributed by atoms with van der Waals surface area (Å²) < 4.78 is 5.47. The molecule has 0 aliphatic heterocycles. The van der Waals surface area contributed by atoms with Gasteiger partial charge < -0.3 is 4.74 Å². The van der Waals surface area contributed by atoms with Crippen LogP contribution in [-0.4, -0.2) is 23.5 Å². The van der Waals surface area contributed by atoms with E-state index in [1.54, 1.807) is 24.3 Å². The Hall–Kier alpha value is -3.71. The minimum atomic E-state index is -0.535. The lowest BCUT2D eigenvalue weighted by molar-refractivity contribution is -0.122. The topological polar surface area (TPSA) is 79.5 Å². The molecule has 158 valence electrons. The molecule has 0 aromatic heterocycles. The summed E-state index contributed by atoms with van der Waals surface area (Å²) in [5, 5.41) is 2.53. The van der Waals surface area contributed by atoms with E-state index >= 15 is 0 Å². The van der Waals surface area contributed by atoms with Crippen LogP contribution in [0.5, 0.6) is 5.75 Å². The first-order valence-corrected chi connectivity index (χ1v) is 10.2. The molecule has 0 unspecified atom stereocenters. The van der Waals surface area contributed by atoms with Crippen molar-refractivity contribution in [3.63, 3.8) is 0 Å². The molecule has 31 heavy (non-hydrogen) atoms. The second kappa shape index (κ2) is 10.9. The van der Waals surface area contributed by atoms with E-state index in [9.17, 15) is 9.59 Å². The van der Waals surface area contributed by atoms with Gasteiger partial charge >= 0.3 is 0 Å². The zero-order valence-electron chi connectivity index (χ0n) is 17.0. The molecule has 0 radical (unpaired) electrons. The van der Waals surface area contributed by atoms with Crippen LogP contribution in [0.3, 0.4) is 0 Å². The molecule has 0 aliphatic carbocycles. The summed E-state index contributed by atoms with van der Waals surface area (Å²) in [6.07, 6.45) is 0. The van der Waals surface area contributed by atoms with Crippen LogP contribution in [0.1, 0.15) is 34.3 Å². The Kier molecular flexibility index (Phi) is 7.73. The number of hydrogen-bond acceptors (Lipinski definition) is 4. The van der Waals surface area contributed by atoms with Crippen LogP contribution in [0, 0.1) is 0 Å². The summed E-state index contributed by atoms with van der Waals surface area (Å²) in [6, 6.07) is 25.8. The van der Waals surface area contributed by atoms with Gasteiger partial charge in [-0.05, 0) is 42.4 Å². The van der Waals surface area contributed by atoms with E-state index < -0.39 is 11.8 Å². The molecule has 0 aliphatic rings. The van der Waals surface area contributed by atoms with Crippen molar-refractivity contribution in [2.24, 2.45) is 0 Å². The average Bonchev–Trinajstić information content (AvgIpc) is 2.80. The molecule has 0 saturated heterocycles. The highest BCUT2D eigenvalue weighted by Crippen LogP contribution is 2.24. The first kappa shape index (κ1) is 22.0. The van der Waals surface area contributed by atoms with Gasteiger partial charge in [-0.3, -0.25) is 25.8 Å². The SMILES string of the molecule is CCOc1ccccc1C(=O)NC(=S)NNC(=O)C(c1ccccc1)c1ccccc1. The predicted octanol–water partition coefficient (Wildman–Crippen LogP) is 3.55. The number of rotatable bonds is 6. The van der Waals surface area contributed by atoms with Crippen molar-refractivity contribution in [1.82, 2.24) is 16.2 Å². The number of thiocarbonyl (C=S) groups is 1. The van der Waals surface area contributed by atoms with E-state index in [0.29, 0.717) is 17.9 Å². The third-order valence-electron chi connectivity index (χ3n) is 4.49. The molecule has 3 N–H and O–H groups in total. The van der Waals surface area contributed by atoms with Crippen molar-refractivity contribution < 1.29 is 14.3 Å². The smallest absolute Gasteiger partial charge is 0.261 e. The lowest BCUT2D eigenvalue weighted by atomic mass is 9.91. The molecule has 3 aromatic rings. The van der Waals surface area contributed by atoms with Crippen molar-refractivity contribution in [2.45, 2.75) is 12.8 Å². The Morgan fingerprint density at radius 2 is 1.39 bits per heavy atom. The highest BCUT2D eigenvalue weighted by molar-refractivity contribution is 7.80. The van der Waals surface area contributed by atoms with Crippen LogP contribution >= 0.6 is 12.2 Å². The maximum Gasteiger partial charge on any atom is 0.261 e. The number of nitrogens with one attached hydrogen (secondary N) is 3. The molecule has 0 bridgehead atoms. The Morgan fingerprint density at radius 1 is 0.839 bits per heavy atom. The number of ether oxygens (including phenoxy) is 1. The monoisotopic (exact) mass is 433 g/mol. The molecule has 6 nitrogen and oxygen atoms in total. The van der Waals surface area contributed by atoms with E-state index in [0.717, 1.165) is 11.1 Å². The normalized spacial score (nSPS) is 10.3. The van der Waals surface area contributed by atoms with Gasteiger partial charge in [0.25, 0.3) is 5.91 Å². The molecule has 3 rings (SSSR count). The standard InChI is InChI=1S/C24H23N3O3S/c1-2-30-20-16-10-9-15-19(20)22(28)25-24(31)27-26-23(29)21(17-11-5-3-6-12-17)18-13-7-4-8-14-18/h3-16,21H,2H2,1H3,(H,26,29)(H2,25,27,28,31). The summed E-state index contributed by atoms with van der Waals surface area (Å²) in [5.41, 5.74) is 7.25. The van der Waals surface area contributed by atoms with Crippen LogP contribution in [0.15, 0.2) is 84.9 Å². The zero-order chi connectivity index (χ0) is 22.1. The van der Waals surface area contributed by atoms with Crippen LogP contribution in [0.25, 0.3) is 0 Å². The third-order valence-corrected chi connectivity index (χ3v) is 4.69. The highest BCUT2D eigenvalue weighted by Gasteiger charge is 2.23. The van der Waals surface area contributed by atoms with Crippen molar-refractivity contribution in [2.75, 3.05) is 6.61 Å². The largest absolute Gasteiger partial charge is 0.493 e. The maximum atomic E-state index is 13.0. The van der Waals surface area contributed by atoms with Gasteiger partial charge in [0.15, 0.2) is 5.11 Å². The van der Waals surface area contributed by atoms with Crippen LogP contribution in [-0.2, 0) is 4.79 Å². The summed E-state index contributed by atoms with van der Waals surface area (Å²) in [6.45, 7) is 2.27. The van der Waals surface area contributed by atoms with Crippen LogP contribution < -0.4 is 20.9 Å². The Balaban J connectivity index is 1.66. The van der Waals surface area contributed by atoms with Gasteiger partial charge in [-0.2, -0.15) is 0 Å². The number of hydrogen-bond donors (Lipinski definition) is 3. The molecule has 0 spiro atoms. The molecule has 7 heteroatoms. The van der Waals surface area contributed by atoms with E-state index in [1.807, 2.05) is 67.6 Å². The average molecular weight is 434 g/mol. The highest BCUT2D eigenvalue weighted by atomic mass is 32.1. The van der Waals surface area contributed by atoms with E-state index in [1.165, 1.54) is 0 Å².